The Morgan fingerprint density at radius 1 is 1.04 bits per heavy atom. The lowest BCUT2D eigenvalue weighted by Gasteiger charge is -2.11. The third-order valence-corrected chi connectivity index (χ3v) is 5.64. The molecule has 3 rings (SSSR count). The minimum atomic E-state index is -3.01. The Hall–Kier alpha value is -2.68. The zero-order chi connectivity index (χ0) is 20.1. The third kappa shape index (κ3) is 4.78. The summed E-state index contributed by atoms with van der Waals surface area (Å²) in [5.74, 6) is -1.19. The SMILES string of the molecule is COc1cc(C(=O)NNC(=O)c2cc3c(s2)CCCCC3)ccc1OC(F)F. The lowest BCUT2D eigenvalue weighted by molar-refractivity contribution is -0.0512. The van der Waals surface area contributed by atoms with Crippen LogP contribution in [0.1, 0.15) is 49.7 Å². The van der Waals surface area contributed by atoms with E-state index in [1.807, 2.05) is 6.07 Å². The van der Waals surface area contributed by atoms with Crippen molar-refractivity contribution in [3.63, 3.8) is 0 Å². The molecule has 2 amide bonds. The molecule has 0 radical (unpaired) electrons. The smallest absolute Gasteiger partial charge is 0.387 e. The highest BCUT2D eigenvalue weighted by Gasteiger charge is 2.18. The quantitative estimate of drug-likeness (QED) is 0.582. The number of hydrogen-bond donors (Lipinski definition) is 2. The predicted octanol–water partition coefficient (Wildman–Crippen LogP) is 3.70. The number of halogens is 2. The number of hydrazine groups is 1. The zero-order valence-corrected chi connectivity index (χ0v) is 16.0. The van der Waals surface area contributed by atoms with Gasteiger partial charge in [-0.3, -0.25) is 20.4 Å². The summed E-state index contributed by atoms with van der Waals surface area (Å²) in [4.78, 5) is 26.4. The second-order valence-electron chi connectivity index (χ2n) is 6.27. The Balaban J connectivity index is 1.63. The second kappa shape index (κ2) is 9.01. The molecule has 6 nitrogen and oxygen atoms in total. The Morgan fingerprint density at radius 3 is 2.54 bits per heavy atom. The number of benzene rings is 1. The van der Waals surface area contributed by atoms with Gasteiger partial charge in [0.2, 0.25) is 0 Å². The molecule has 1 heterocycles. The number of rotatable bonds is 5. The van der Waals surface area contributed by atoms with Crippen LogP contribution in [0.4, 0.5) is 8.78 Å². The number of alkyl halides is 2. The number of hydrogen-bond acceptors (Lipinski definition) is 5. The fraction of sp³-hybridized carbons (Fsp3) is 0.368. The van der Waals surface area contributed by atoms with Crippen molar-refractivity contribution in [3.8, 4) is 11.5 Å². The molecule has 1 aromatic heterocycles. The Kier molecular flexibility index (Phi) is 6.45. The minimum Gasteiger partial charge on any atom is -0.493 e. The highest BCUT2D eigenvalue weighted by atomic mass is 32.1. The van der Waals surface area contributed by atoms with E-state index in [0.29, 0.717) is 4.88 Å². The third-order valence-electron chi connectivity index (χ3n) is 4.40. The van der Waals surface area contributed by atoms with Gasteiger partial charge in [0.05, 0.1) is 12.0 Å². The van der Waals surface area contributed by atoms with Crippen molar-refractivity contribution in [1.82, 2.24) is 10.9 Å². The lowest BCUT2D eigenvalue weighted by Crippen LogP contribution is -2.41. The molecular weight excluding hydrogens is 390 g/mol. The molecule has 1 aromatic carbocycles. The van der Waals surface area contributed by atoms with E-state index in [4.69, 9.17) is 4.74 Å². The first kappa shape index (κ1) is 20.1. The summed E-state index contributed by atoms with van der Waals surface area (Å²) in [5.41, 5.74) is 6.04. The van der Waals surface area contributed by atoms with E-state index in [0.717, 1.165) is 25.7 Å². The molecule has 2 aromatic rings. The van der Waals surface area contributed by atoms with Crippen LogP contribution in [0.3, 0.4) is 0 Å². The standard InChI is InChI=1S/C19H20F2N2O4S/c1-26-14-9-12(7-8-13(14)27-19(20)21)17(24)22-23-18(25)16-10-11-5-3-2-4-6-15(11)28-16/h7-10,19H,2-6H2,1H3,(H,22,24)(H,23,25). The maximum absolute atomic E-state index is 12.4. The van der Waals surface area contributed by atoms with Crippen molar-refractivity contribution >= 4 is 23.2 Å². The van der Waals surface area contributed by atoms with Crippen molar-refractivity contribution in [2.45, 2.75) is 38.7 Å². The number of carbonyl (C=O) groups excluding carboxylic acids is 2. The number of fused-ring (bicyclic) bond motifs is 1. The monoisotopic (exact) mass is 410 g/mol. The van der Waals surface area contributed by atoms with Gasteiger partial charge in [0.15, 0.2) is 11.5 Å². The van der Waals surface area contributed by atoms with Crippen LogP contribution in [0, 0.1) is 0 Å². The maximum Gasteiger partial charge on any atom is 0.387 e. The van der Waals surface area contributed by atoms with E-state index < -0.39 is 18.4 Å². The van der Waals surface area contributed by atoms with Crippen LogP contribution in [0.15, 0.2) is 24.3 Å². The fourth-order valence-corrected chi connectivity index (χ4v) is 4.18. The predicted molar refractivity (Wildman–Crippen MR) is 100 cm³/mol. The molecule has 0 fully saturated rings. The number of aryl methyl sites for hydroxylation is 2. The fourth-order valence-electron chi connectivity index (χ4n) is 3.03. The highest BCUT2D eigenvalue weighted by Crippen LogP contribution is 2.30. The minimum absolute atomic E-state index is 0.0127. The zero-order valence-electron chi connectivity index (χ0n) is 15.2. The molecule has 150 valence electrons. The van der Waals surface area contributed by atoms with Crippen molar-refractivity contribution in [3.05, 3.63) is 45.1 Å². The Labute approximate surface area is 164 Å². The highest BCUT2D eigenvalue weighted by molar-refractivity contribution is 7.14. The van der Waals surface area contributed by atoms with E-state index >= 15 is 0 Å². The summed E-state index contributed by atoms with van der Waals surface area (Å²) in [6, 6.07) is 5.64. The van der Waals surface area contributed by atoms with Gasteiger partial charge >= 0.3 is 6.61 Å². The number of carbonyl (C=O) groups is 2. The molecule has 0 unspecified atom stereocenters. The lowest BCUT2D eigenvalue weighted by atomic mass is 10.1. The van der Waals surface area contributed by atoms with Crippen LogP contribution in [-0.4, -0.2) is 25.5 Å². The second-order valence-corrected chi connectivity index (χ2v) is 7.41. The molecule has 2 N–H and O–H groups in total. The summed E-state index contributed by atoms with van der Waals surface area (Å²) in [6.07, 6.45) is 5.39. The van der Waals surface area contributed by atoms with Crippen LogP contribution < -0.4 is 20.3 Å². The summed E-state index contributed by atoms with van der Waals surface area (Å²) in [6.45, 7) is -3.01. The van der Waals surface area contributed by atoms with Crippen LogP contribution in [0.25, 0.3) is 0 Å². The van der Waals surface area contributed by atoms with E-state index in [9.17, 15) is 18.4 Å². The molecule has 9 heteroatoms. The molecule has 0 aliphatic heterocycles. The first-order valence-corrected chi connectivity index (χ1v) is 9.64. The number of methoxy groups -OCH3 is 1. The first-order chi connectivity index (χ1) is 13.5. The van der Waals surface area contributed by atoms with Gasteiger partial charge in [-0.05, 0) is 55.5 Å². The largest absolute Gasteiger partial charge is 0.493 e. The van der Waals surface area contributed by atoms with Gasteiger partial charge in [0.1, 0.15) is 0 Å². The van der Waals surface area contributed by atoms with Crippen molar-refractivity contribution in [1.29, 1.82) is 0 Å². The van der Waals surface area contributed by atoms with E-state index in [2.05, 4.69) is 15.6 Å². The van der Waals surface area contributed by atoms with Crippen molar-refractivity contribution in [2.24, 2.45) is 0 Å². The molecular formula is C19H20F2N2O4S. The average Bonchev–Trinajstić information content (AvgIpc) is 2.96. The molecule has 1 aliphatic carbocycles. The first-order valence-electron chi connectivity index (χ1n) is 8.83. The van der Waals surface area contributed by atoms with Crippen LogP contribution in [0.5, 0.6) is 11.5 Å². The molecule has 0 spiro atoms. The topological polar surface area (TPSA) is 76.7 Å². The molecule has 28 heavy (non-hydrogen) atoms. The van der Waals surface area contributed by atoms with Gasteiger partial charge in [0, 0.05) is 10.4 Å². The number of thiophene rings is 1. The van der Waals surface area contributed by atoms with Crippen LogP contribution >= 0.6 is 11.3 Å². The number of nitrogens with one attached hydrogen (secondary N) is 2. The average molecular weight is 410 g/mol. The maximum atomic E-state index is 12.4. The van der Waals surface area contributed by atoms with Gasteiger partial charge in [-0.25, -0.2) is 0 Å². The van der Waals surface area contributed by atoms with Crippen molar-refractivity contribution < 1.29 is 27.8 Å². The van der Waals surface area contributed by atoms with Gasteiger partial charge < -0.3 is 9.47 Å². The van der Waals surface area contributed by atoms with Gasteiger partial charge in [-0.15, -0.1) is 11.3 Å². The van der Waals surface area contributed by atoms with Gasteiger partial charge in [-0.1, -0.05) is 6.42 Å². The number of amides is 2. The van der Waals surface area contributed by atoms with E-state index in [1.54, 1.807) is 0 Å². The number of ether oxygens (including phenoxy) is 2. The summed E-state index contributed by atoms with van der Waals surface area (Å²) < 4.78 is 34.0. The molecule has 0 atom stereocenters. The van der Waals surface area contributed by atoms with Gasteiger partial charge in [0.25, 0.3) is 11.8 Å². The summed E-state index contributed by atoms with van der Waals surface area (Å²) >= 11 is 1.45. The molecule has 1 aliphatic rings. The molecule has 0 saturated heterocycles. The van der Waals surface area contributed by atoms with Gasteiger partial charge in [-0.2, -0.15) is 8.78 Å². The van der Waals surface area contributed by atoms with Crippen LogP contribution in [-0.2, 0) is 12.8 Å². The van der Waals surface area contributed by atoms with E-state index in [-0.39, 0.29) is 17.1 Å². The molecule has 0 saturated carbocycles. The Morgan fingerprint density at radius 2 is 1.79 bits per heavy atom. The van der Waals surface area contributed by atoms with Crippen LogP contribution in [0.2, 0.25) is 0 Å². The normalized spacial score (nSPS) is 13.4. The summed E-state index contributed by atoms with van der Waals surface area (Å²) in [7, 11) is 1.28. The van der Waals surface area contributed by atoms with E-state index in [1.165, 1.54) is 53.5 Å². The Bertz CT molecular complexity index is 846. The van der Waals surface area contributed by atoms with Crippen molar-refractivity contribution in [2.75, 3.05) is 7.11 Å². The molecule has 0 bridgehead atoms. The summed E-state index contributed by atoms with van der Waals surface area (Å²) in [5, 5.41) is 0.